The fraction of sp³-hybridized carbons (Fsp3) is 0.455. The van der Waals surface area contributed by atoms with Crippen LogP contribution >= 0.6 is 0 Å². The van der Waals surface area contributed by atoms with Crippen LogP contribution in [0.3, 0.4) is 0 Å². The molecule has 0 fully saturated rings. The van der Waals surface area contributed by atoms with Gasteiger partial charge in [0, 0.05) is 11.6 Å². The van der Waals surface area contributed by atoms with Crippen molar-refractivity contribution in [1.82, 2.24) is 0 Å². The van der Waals surface area contributed by atoms with Crippen LogP contribution < -0.4 is 5.73 Å². The zero-order valence-corrected chi connectivity index (χ0v) is 8.67. The number of nitrogens with two attached hydrogens (primary N) is 1. The van der Waals surface area contributed by atoms with Crippen LogP contribution in [-0.2, 0) is 11.3 Å². The maximum Gasteiger partial charge on any atom is 0.131 e. The normalized spacial score (nSPS) is 12.8. The van der Waals surface area contributed by atoms with Crippen LogP contribution in [0.5, 0.6) is 0 Å². The third-order valence-electron chi connectivity index (χ3n) is 2.16. The molecule has 0 aliphatic carbocycles. The summed E-state index contributed by atoms with van der Waals surface area (Å²) in [7, 11) is 0. The van der Waals surface area contributed by atoms with Crippen LogP contribution in [-0.4, -0.2) is 12.6 Å². The third-order valence-corrected chi connectivity index (χ3v) is 2.16. The second kappa shape index (κ2) is 5.78. The molecule has 2 N–H and O–H groups in total. The Labute approximate surface area is 88.0 Å². The van der Waals surface area contributed by atoms with E-state index in [1.54, 1.807) is 0 Å². The molecule has 1 aromatic rings. The SMILES string of the molecule is CC[C@H](N)COCc1c(F)cccc1F. The van der Waals surface area contributed by atoms with Crippen LogP contribution in [0.1, 0.15) is 18.9 Å². The van der Waals surface area contributed by atoms with E-state index < -0.39 is 11.6 Å². The largest absolute Gasteiger partial charge is 0.375 e. The molecular formula is C11H15F2NO. The predicted molar refractivity (Wildman–Crippen MR) is 54.3 cm³/mol. The summed E-state index contributed by atoms with van der Waals surface area (Å²) in [5.41, 5.74) is 5.56. The summed E-state index contributed by atoms with van der Waals surface area (Å²) in [6, 6.07) is 3.66. The van der Waals surface area contributed by atoms with Crippen molar-refractivity contribution in [2.24, 2.45) is 5.73 Å². The zero-order chi connectivity index (χ0) is 11.3. The smallest absolute Gasteiger partial charge is 0.131 e. The molecule has 0 saturated carbocycles. The Hall–Kier alpha value is -1.00. The monoisotopic (exact) mass is 215 g/mol. The quantitative estimate of drug-likeness (QED) is 0.817. The fourth-order valence-corrected chi connectivity index (χ4v) is 1.10. The maximum atomic E-state index is 13.1. The molecule has 0 radical (unpaired) electrons. The van der Waals surface area contributed by atoms with Crippen molar-refractivity contribution in [3.63, 3.8) is 0 Å². The van der Waals surface area contributed by atoms with Crippen LogP contribution in [0.4, 0.5) is 8.78 Å². The summed E-state index contributed by atoms with van der Waals surface area (Å²) < 4.78 is 31.3. The Morgan fingerprint density at radius 3 is 2.47 bits per heavy atom. The Morgan fingerprint density at radius 1 is 1.33 bits per heavy atom. The molecular weight excluding hydrogens is 200 g/mol. The molecule has 4 heteroatoms. The van der Waals surface area contributed by atoms with Crippen molar-refractivity contribution >= 4 is 0 Å². The lowest BCUT2D eigenvalue weighted by atomic mass is 10.2. The second-order valence-electron chi connectivity index (χ2n) is 3.38. The van der Waals surface area contributed by atoms with Crippen LogP contribution in [0.2, 0.25) is 0 Å². The second-order valence-corrected chi connectivity index (χ2v) is 3.38. The predicted octanol–water partition coefficient (Wildman–Crippen LogP) is 2.22. The van der Waals surface area contributed by atoms with E-state index in [2.05, 4.69) is 0 Å². The fourth-order valence-electron chi connectivity index (χ4n) is 1.10. The van der Waals surface area contributed by atoms with Gasteiger partial charge in [-0.3, -0.25) is 0 Å². The van der Waals surface area contributed by atoms with Gasteiger partial charge in [0.05, 0.1) is 13.2 Å². The average Bonchev–Trinajstić information content (AvgIpc) is 2.22. The first-order valence-corrected chi connectivity index (χ1v) is 4.91. The molecule has 2 nitrogen and oxygen atoms in total. The van der Waals surface area contributed by atoms with Gasteiger partial charge in [0.25, 0.3) is 0 Å². The summed E-state index contributed by atoms with van der Waals surface area (Å²) in [6.07, 6.45) is 0.778. The summed E-state index contributed by atoms with van der Waals surface area (Å²) >= 11 is 0. The van der Waals surface area contributed by atoms with Gasteiger partial charge in [-0.25, -0.2) is 8.78 Å². The van der Waals surface area contributed by atoms with Crippen molar-refractivity contribution in [1.29, 1.82) is 0 Å². The molecule has 0 bridgehead atoms. The molecule has 1 rings (SSSR count). The Balaban J connectivity index is 2.50. The van der Waals surface area contributed by atoms with Gasteiger partial charge in [-0.1, -0.05) is 13.0 Å². The number of halogens is 2. The van der Waals surface area contributed by atoms with E-state index in [9.17, 15) is 8.78 Å². The molecule has 0 aromatic heterocycles. The molecule has 0 aliphatic rings. The Bertz CT molecular complexity index is 297. The lowest BCUT2D eigenvalue weighted by Gasteiger charge is -2.10. The number of rotatable bonds is 5. The van der Waals surface area contributed by atoms with E-state index in [-0.39, 0.29) is 18.2 Å². The minimum absolute atomic E-state index is 0.0409. The number of hydrogen-bond acceptors (Lipinski definition) is 2. The Kier molecular flexibility index (Phi) is 4.65. The molecule has 0 saturated heterocycles. The molecule has 0 heterocycles. The van der Waals surface area contributed by atoms with Gasteiger partial charge in [0.1, 0.15) is 11.6 Å². The molecule has 0 aliphatic heterocycles. The van der Waals surface area contributed by atoms with Gasteiger partial charge in [0.2, 0.25) is 0 Å². The highest BCUT2D eigenvalue weighted by atomic mass is 19.1. The van der Waals surface area contributed by atoms with Crippen molar-refractivity contribution in [3.8, 4) is 0 Å². The first kappa shape index (κ1) is 12.1. The number of ether oxygens (including phenoxy) is 1. The van der Waals surface area contributed by atoms with E-state index in [1.165, 1.54) is 18.2 Å². The van der Waals surface area contributed by atoms with E-state index >= 15 is 0 Å². The van der Waals surface area contributed by atoms with Gasteiger partial charge in [-0.2, -0.15) is 0 Å². The highest BCUT2D eigenvalue weighted by molar-refractivity contribution is 5.18. The topological polar surface area (TPSA) is 35.2 Å². The average molecular weight is 215 g/mol. The minimum Gasteiger partial charge on any atom is -0.375 e. The molecule has 1 atom stereocenters. The molecule has 84 valence electrons. The highest BCUT2D eigenvalue weighted by Crippen LogP contribution is 2.13. The van der Waals surface area contributed by atoms with E-state index in [0.717, 1.165) is 6.42 Å². The van der Waals surface area contributed by atoms with Gasteiger partial charge in [0.15, 0.2) is 0 Å². The maximum absolute atomic E-state index is 13.1. The summed E-state index contributed by atoms with van der Waals surface area (Å²) in [4.78, 5) is 0. The lowest BCUT2D eigenvalue weighted by Crippen LogP contribution is -2.25. The standard InChI is InChI=1S/C11H15F2NO/c1-2-8(14)6-15-7-9-10(12)4-3-5-11(9)13/h3-5,8H,2,6-7,14H2,1H3/t8-/m0/s1. The van der Waals surface area contributed by atoms with E-state index in [0.29, 0.717) is 6.61 Å². The molecule has 1 aromatic carbocycles. The molecule has 0 unspecified atom stereocenters. The zero-order valence-electron chi connectivity index (χ0n) is 8.67. The van der Waals surface area contributed by atoms with Gasteiger partial charge < -0.3 is 10.5 Å². The van der Waals surface area contributed by atoms with E-state index in [4.69, 9.17) is 10.5 Å². The van der Waals surface area contributed by atoms with Crippen molar-refractivity contribution in [2.45, 2.75) is 26.0 Å². The summed E-state index contributed by atoms with van der Waals surface area (Å²) in [6.45, 7) is 2.16. The van der Waals surface area contributed by atoms with Crippen molar-refractivity contribution in [3.05, 3.63) is 35.4 Å². The van der Waals surface area contributed by atoms with Crippen LogP contribution in [0, 0.1) is 11.6 Å². The van der Waals surface area contributed by atoms with Crippen molar-refractivity contribution < 1.29 is 13.5 Å². The molecule has 0 amide bonds. The highest BCUT2D eigenvalue weighted by Gasteiger charge is 2.08. The minimum atomic E-state index is -0.583. The summed E-state index contributed by atoms with van der Waals surface area (Å²) in [5, 5.41) is 0. The molecule has 0 spiro atoms. The Morgan fingerprint density at radius 2 is 1.93 bits per heavy atom. The van der Waals surface area contributed by atoms with Gasteiger partial charge >= 0.3 is 0 Å². The van der Waals surface area contributed by atoms with Gasteiger partial charge in [-0.15, -0.1) is 0 Å². The van der Waals surface area contributed by atoms with Crippen molar-refractivity contribution in [2.75, 3.05) is 6.61 Å². The third kappa shape index (κ3) is 3.57. The van der Waals surface area contributed by atoms with Gasteiger partial charge in [-0.05, 0) is 18.6 Å². The van der Waals surface area contributed by atoms with E-state index in [1.807, 2.05) is 6.92 Å². The first-order valence-electron chi connectivity index (χ1n) is 4.91. The number of hydrogen-bond donors (Lipinski definition) is 1. The molecule has 15 heavy (non-hydrogen) atoms. The lowest BCUT2D eigenvalue weighted by molar-refractivity contribution is 0.102. The van der Waals surface area contributed by atoms with Crippen LogP contribution in [0.15, 0.2) is 18.2 Å². The summed E-state index contributed by atoms with van der Waals surface area (Å²) in [5.74, 6) is -1.17. The van der Waals surface area contributed by atoms with Crippen LogP contribution in [0.25, 0.3) is 0 Å². The first-order chi connectivity index (χ1) is 7.15. The number of benzene rings is 1.